The summed E-state index contributed by atoms with van der Waals surface area (Å²) in [6.45, 7) is 3.16. The van der Waals surface area contributed by atoms with Gasteiger partial charge >= 0.3 is 5.97 Å². The molecule has 0 radical (unpaired) electrons. The second kappa shape index (κ2) is 8.84. The van der Waals surface area contributed by atoms with Crippen LogP contribution in [0.4, 0.5) is 5.69 Å². The zero-order valence-electron chi connectivity index (χ0n) is 15.4. The molecular weight excluding hydrogens is 348 g/mol. The molecule has 0 fully saturated rings. The van der Waals surface area contributed by atoms with Crippen LogP contribution in [0.2, 0.25) is 0 Å². The highest BCUT2D eigenvalue weighted by atomic mass is 16.5. The summed E-state index contributed by atoms with van der Waals surface area (Å²) < 4.78 is 5.09. The molecular formula is C20H22N2O5. The number of likely N-dealkylation sites (N-methyl/N-ethyl adjacent to an activating group) is 1. The van der Waals surface area contributed by atoms with Crippen LogP contribution in [0.1, 0.15) is 22.8 Å². The molecule has 0 aromatic heterocycles. The number of benzene rings is 2. The highest BCUT2D eigenvalue weighted by molar-refractivity contribution is 5.97. The molecule has 7 nitrogen and oxygen atoms in total. The lowest BCUT2D eigenvalue weighted by atomic mass is 10.2. The number of carbonyl (C=O) groups excluding carboxylic acids is 3. The number of hydrogen-bond acceptors (Lipinski definition) is 5. The van der Waals surface area contributed by atoms with Gasteiger partial charge in [-0.05, 0) is 38.1 Å². The van der Waals surface area contributed by atoms with Gasteiger partial charge in [-0.2, -0.15) is 0 Å². The van der Waals surface area contributed by atoms with Gasteiger partial charge in [0.25, 0.3) is 5.91 Å². The summed E-state index contributed by atoms with van der Waals surface area (Å²) in [5.74, 6) is -1.94. The number of carbonyl (C=O) groups is 3. The third-order valence-electron chi connectivity index (χ3n) is 3.85. The Morgan fingerprint density at radius 2 is 1.74 bits per heavy atom. The van der Waals surface area contributed by atoms with Crippen LogP contribution in [0.25, 0.3) is 0 Å². The van der Waals surface area contributed by atoms with Crippen molar-refractivity contribution in [1.29, 1.82) is 0 Å². The van der Waals surface area contributed by atoms with E-state index in [4.69, 9.17) is 4.74 Å². The zero-order valence-corrected chi connectivity index (χ0v) is 15.4. The average molecular weight is 370 g/mol. The van der Waals surface area contributed by atoms with E-state index in [-0.39, 0.29) is 23.8 Å². The maximum absolute atomic E-state index is 12.3. The first-order chi connectivity index (χ1) is 12.8. The third-order valence-corrected chi connectivity index (χ3v) is 3.85. The summed E-state index contributed by atoms with van der Waals surface area (Å²) in [6, 6.07) is 13.2. The molecule has 0 bridgehead atoms. The van der Waals surface area contributed by atoms with E-state index in [9.17, 15) is 19.5 Å². The lowest BCUT2D eigenvalue weighted by molar-refractivity contribution is -0.140. The molecule has 0 aliphatic heterocycles. The summed E-state index contributed by atoms with van der Waals surface area (Å²) in [5, 5.41) is 12.4. The Morgan fingerprint density at radius 3 is 2.37 bits per heavy atom. The normalized spacial score (nSPS) is 11.4. The second-order valence-electron chi connectivity index (χ2n) is 6.17. The lowest BCUT2D eigenvalue weighted by Crippen LogP contribution is -2.41. The molecule has 2 aromatic rings. The Kier molecular flexibility index (Phi) is 6.54. The van der Waals surface area contributed by atoms with Crippen molar-refractivity contribution in [3.8, 4) is 5.75 Å². The lowest BCUT2D eigenvalue weighted by Gasteiger charge is -2.21. The van der Waals surface area contributed by atoms with E-state index in [2.05, 4.69) is 5.32 Å². The van der Waals surface area contributed by atoms with Crippen molar-refractivity contribution >= 4 is 23.5 Å². The van der Waals surface area contributed by atoms with Crippen LogP contribution in [-0.4, -0.2) is 47.5 Å². The number of hydrogen-bond donors (Lipinski definition) is 2. The van der Waals surface area contributed by atoms with E-state index in [1.165, 1.54) is 31.0 Å². The van der Waals surface area contributed by atoms with Gasteiger partial charge in [-0.1, -0.05) is 29.8 Å². The summed E-state index contributed by atoms with van der Waals surface area (Å²) >= 11 is 0. The molecule has 27 heavy (non-hydrogen) atoms. The Labute approximate surface area is 157 Å². The quantitative estimate of drug-likeness (QED) is 0.761. The number of nitrogens with one attached hydrogen (secondary N) is 1. The van der Waals surface area contributed by atoms with Gasteiger partial charge in [0.15, 0.2) is 6.10 Å². The molecule has 2 rings (SSSR count). The molecule has 0 spiro atoms. The average Bonchev–Trinajstić information content (AvgIpc) is 2.63. The molecule has 142 valence electrons. The highest BCUT2D eigenvalue weighted by Crippen LogP contribution is 2.17. The molecule has 0 saturated carbocycles. The van der Waals surface area contributed by atoms with Gasteiger partial charge in [0, 0.05) is 12.7 Å². The number of ether oxygens (including phenoxy) is 1. The minimum atomic E-state index is -1.10. The standard InChI is InChI=1S/C20H22N2O5/c1-13-8-10-15(11-9-13)21-18(24)12-22(3)19(25)14(2)27-20(26)16-6-4-5-7-17(16)23/h4-11,14,23H,12H2,1-3H3,(H,21,24)/t14-/m1/s1. The number of amides is 2. The van der Waals surface area contributed by atoms with Crippen LogP contribution in [0, 0.1) is 6.92 Å². The summed E-state index contributed by atoms with van der Waals surface area (Å²) in [7, 11) is 1.45. The van der Waals surface area contributed by atoms with Gasteiger partial charge in [0.05, 0.1) is 6.54 Å². The minimum absolute atomic E-state index is 0.0306. The highest BCUT2D eigenvalue weighted by Gasteiger charge is 2.24. The zero-order chi connectivity index (χ0) is 20.0. The van der Waals surface area contributed by atoms with Gasteiger partial charge in [0.2, 0.25) is 5.91 Å². The van der Waals surface area contributed by atoms with Crippen molar-refractivity contribution in [2.75, 3.05) is 18.9 Å². The Morgan fingerprint density at radius 1 is 1.11 bits per heavy atom. The molecule has 0 unspecified atom stereocenters. The van der Waals surface area contributed by atoms with Crippen LogP contribution < -0.4 is 5.32 Å². The summed E-state index contributed by atoms with van der Waals surface area (Å²) in [5.41, 5.74) is 1.67. The number of aryl methyl sites for hydroxylation is 1. The van der Waals surface area contributed by atoms with Crippen molar-refractivity contribution < 1.29 is 24.2 Å². The largest absolute Gasteiger partial charge is 0.507 e. The van der Waals surface area contributed by atoms with Gasteiger partial charge < -0.3 is 20.1 Å². The number of anilines is 1. The predicted molar refractivity (Wildman–Crippen MR) is 100 cm³/mol. The number of esters is 1. The summed E-state index contributed by atoms with van der Waals surface area (Å²) in [4.78, 5) is 37.6. The number of phenolic OH excluding ortho intramolecular Hbond substituents is 1. The smallest absolute Gasteiger partial charge is 0.342 e. The predicted octanol–water partition coefficient (Wildman–Crippen LogP) is 2.34. The van der Waals surface area contributed by atoms with Gasteiger partial charge in [-0.25, -0.2) is 4.79 Å². The maximum Gasteiger partial charge on any atom is 0.342 e. The molecule has 0 saturated heterocycles. The van der Waals surface area contributed by atoms with Gasteiger partial charge in [0.1, 0.15) is 11.3 Å². The van der Waals surface area contributed by atoms with E-state index >= 15 is 0 Å². The first-order valence-electron chi connectivity index (χ1n) is 8.38. The van der Waals surface area contributed by atoms with Crippen LogP contribution in [0.15, 0.2) is 48.5 Å². The van der Waals surface area contributed by atoms with Gasteiger partial charge in [-0.3, -0.25) is 9.59 Å². The van der Waals surface area contributed by atoms with E-state index in [0.29, 0.717) is 5.69 Å². The maximum atomic E-state index is 12.3. The number of para-hydroxylation sites is 1. The first kappa shape index (κ1) is 20.0. The minimum Gasteiger partial charge on any atom is -0.507 e. The summed E-state index contributed by atoms with van der Waals surface area (Å²) in [6.07, 6.45) is -1.10. The SMILES string of the molecule is Cc1ccc(NC(=O)CN(C)C(=O)[C@@H](C)OC(=O)c2ccccc2O)cc1. The monoisotopic (exact) mass is 370 g/mol. The van der Waals surface area contributed by atoms with E-state index in [1.54, 1.807) is 24.3 Å². The fraction of sp³-hybridized carbons (Fsp3) is 0.250. The van der Waals surface area contributed by atoms with Crippen LogP contribution in [-0.2, 0) is 14.3 Å². The van der Waals surface area contributed by atoms with Crippen molar-refractivity contribution in [2.24, 2.45) is 0 Å². The topological polar surface area (TPSA) is 95.9 Å². The molecule has 1 atom stereocenters. The second-order valence-corrected chi connectivity index (χ2v) is 6.17. The molecule has 2 N–H and O–H groups in total. The van der Waals surface area contributed by atoms with E-state index in [1.807, 2.05) is 19.1 Å². The van der Waals surface area contributed by atoms with Crippen molar-refractivity contribution in [3.63, 3.8) is 0 Å². The fourth-order valence-corrected chi connectivity index (χ4v) is 2.36. The molecule has 7 heteroatoms. The molecule has 0 heterocycles. The van der Waals surface area contributed by atoms with Crippen molar-refractivity contribution in [1.82, 2.24) is 4.90 Å². The number of rotatable bonds is 6. The first-order valence-corrected chi connectivity index (χ1v) is 8.38. The van der Waals surface area contributed by atoms with E-state index < -0.39 is 18.0 Å². The molecule has 2 amide bonds. The molecule has 0 aliphatic rings. The number of phenols is 1. The third kappa shape index (κ3) is 5.57. The number of nitrogens with zero attached hydrogens (tertiary/aromatic N) is 1. The van der Waals surface area contributed by atoms with Crippen molar-refractivity contribution in [3.05, 3.63) is 59.7 Å². The van der Waals surface area contributed by atoms with Gasteiger partial charge in [-0.15, -0.1) is 0 Å². The number of aromatic hydroxyl groups is 1. The van der Waals surface area contributed by atoms with Crippen LogP contribution in [0.5, 0.6) is 5.75 Å². The Hall–Kier alpha value is -3.35. The molecule has 2 aromatic carbocycles. The Bertz CT molecular complexity index is 833. The van der Waals surface area contributed by atoms with E-state index in [0.717, 1.165) is 5.56 Å². The molecule has 0 aliphatic carbocycles. The fourth-order valence-electron chi connectivity index (χ4n) is 2.36. The Balaban J connectivity index is 1.89. The van der Waals surface area contributed by atoms with Crippen LogP contribution >= 0.6 is 0 Å². The van der Waals surface area contributed by atoms with Crippen LogP contribution in [0.3, 0.4) is 0 Å². The van der Waals surface area contributed by atoms with Crippen molar-refractivity contribution in [2.45, 2.75) is 20.0 Å².